The number of hydrogen-bond donors (Lipinski definition) is 1. The van der Waals surface area contributed by atoms with Gasteiger partial charge in [-0.3, -0.25) is 0 Å². The molecule has 3 aliphatic heterocycles. The molecule has 0 aromatic carbocycles. The monoisotopic (exact) mass is 436 g/mol. The van der Waals surface area contributed by atoms with Crippen molar-refractivity contribution in [3.63, 3.8) is 0 Å². The van der Waals surface area contributed by atoms with E-state index in [2.05, 4.69) is 42.5 Å². The summed E-state index contributed by atoms with van der Waals surface area (Å²) < 4.78 is 25.3. The van der Waals surface area contributed by atoms with Crippen LogP contribution >= 0.6 is 22.6 Å². The van der Waals surface area contributed by atoms with E-state index < -0.39 is 11.9 Å². The third-order valence-electron chi connectivity index (χ3n) is 5.64. The maximum atomic E-state index is 11.1. The van der Waals surface area contributed by atoms with Gasteiger partial charge >= 0.3 is 0 Å². The molecule has 0 bridgehead atoms. The lowest BCUT2D eigenvalue weighted by Gasteiger charge is -2.50. The highest BCUT2D eigenvalue weighted by molar-refractivity contribution is 14.1. The molecule has 0 spiro atoms. The van der Waals surface area contributed by atoms with E-state index in [9.17, 15) is 5.11 Å². The smallest absolute Gasteiger partial charge is 0.164 e. The van der Waals surface area contributed by atoms with E-state index in [4.69, 9.17) is 18.9 Å². The Labute approximate surface area is 150 Å². The Kier molecular flexibility index (Phi) is 3.91. The second-order valence-corrected chi connectivity index (χ2v) is 9.61. The average Bonchev–Trinajstić information content (AvgIpc) is 2.77. The predicted octanol–water partition coefficient (Wildman–Crippen LogP) is 2.60. The van der Waals surface area contributed by atoms with Crippen molar-refractivity contribution in [3.05, 3.63) is 9.66 Å². The highest BCUT2D eigenvalue weighted by Crippen LogP contribution is 2.55. The van der Waals surface area contributed by atoms with E-state index in [-0.39, 0.29) is 41.9 Å². The Morgan fingerprint density at radius 1 is 1.17 bits per heavy atom. The zero-order chi connectivity index (χ0) is 16.6. The van der Waals surface area contributed by atoms with E-state index in [1.54, 1.807) is 0 Å². The molecule has 3 fully saturated rings. The summed E-state index contributed by atoms with van der Waals surface area (Å²) in [7, 11) is 0. The molecule has 0 unspecified atom stereocenters. The molecule has 7 atom stereocenters. The van der Waals surface area contributed by atoms with Crippen LogP contribution in [0.25, 0.3) is 0 Å². The van der Waals surface area contributed by atoms with Crippen molar-refractivity contribution in [1.82, 2.24) is 0 Å². The first kappa shape index (κ1) is 16.7. The lowest BCUT2D eigenvalue weighted by Crippen LogP contribution is -2.63. The molecule has 130 valence electrons. The summed E-state index contributed by atoms with van der Waals surface area (Å²) >= 11 is 2.39. The van der Waals surface area contributed by atoms with Crippen LogP contribution in [0.4, 0.5) is 0 Å². The summed E-state index contributed by atoms with van der Waals surface area (Å²) in [6.07, 6.45) is 1.72. The van der Waals surface area contributed by atoms with Crippen molar-refractivity contribution >= 4 is 22.6 Å². The fourth-order valence-corrected chi connectivity index (χ4v) is 6.01. The maximum Gasteiger partial charge on any atom is 0.164 e. The fourth-order valence-electron chi connectivity index (χ4n) is 4.78. The summed E-state index contributed by atoms with van der Waals surface area (Å²) in [5.41, 5.74) is -0.0310. The fraction of sp³-hybridized carbons (Fsp3) is 0.882. The van der Waals surface area contributed by atoms with Gasteiger partial charge in [-0.15, -0.1) is 0 Å². The van der Waals surface area contributed by atoms with Gasteiger partial charge in [-0.1, -0.05) is 19.9 Å². The van der Waals surface area contributed by atoms with Crippen LogP contribution in [0.3, 0.4) is 0 Å². The molecule has 0 amide bonds. The van der Waals surface area contributed by atoms with Gasteiger partial charge in [0.1, 0.15) is 12.2 Å². The van der Waals surface area contributed by atoms with Gasteiger partial charge in [0.15, 0.2) is 12.1 Å². The van der Waals surface area contributed by atoms with Crippen molar-refractivity contribution in [3.8, 4) is 0 Å². The maximum absolute atomic E-state index is 11.1. The number of aliphatic hydroxyl groups excluding tert-OH is 1. The molecule has 4 aliphatic rings. The number of hydrogen-bond acceptors (Lipinski definition) is 5. The van der Waals surface area contributed by atoms with Crippen LogP contribution in [0.15, 0.2) is 9.66 Å². The molecule has 5 nitrogen and oxygen atoms in total. The number of allylic oxidation sites excluding steroid dienone is 1. The Balaban J connectivity index is 1.65. The molecule has 0 saturated carbocycles. The van der Waals surface area contributed by atoms with E-state index in [0.29, 0.717) is 6.61 Å². The Bertz CT molecular complexity index is 531. The Hall–Kier alpha value is 0.270. The minimum Gasteiger partial charge on any atom is -0.390 e. The van der Waals surface area contributed by atoms with E-state index in [0.717, 1.165) is 6.42 Å². The van der Waals surface area contributed by atoms with E-state index >= 15 is 0 Å². The van der Waals surface area contributed by atoms with Gasteiger partial charge in [-0.05, 0) is 45.4 Å². The molecular formula is C17H25IO5. The Morgan fingerprint density at radius 3 is 2.61 bits per heavy atom. The lowest BCUT2D eigenvalue weighted by molar-refractivity contribution is -0.369. The first-order chi connectivity index (χ1) is 10.7. The second kappa shape index (κ2) is 5.38. The molecule has 0 aromatic heterocycles. The van der Waals surface area contributed by atoms with Gasteiger partial charge in [-0.25, -0.2) is 0 Å². The minimum atomic E-state index is -0.686. The SMILES string of the molecule is CC1(C)OC[C@H]2O[C@@H]3O[C@H]4CC(I)=CC(C)(C)[C@@H]4[C@@H]3[C@@H](O)[C@@H]2O1. The van der Waals surface area contributed by atoms with E-state index in [1.807, 2.05) is 13.8 Å². The van der Waals surface area contributed by atoms with Crippen LogP contribution in [0, 0.1) is 17.3 Å². The number of fused-ring (bicyclic) bond motifs is 4. The molecule has 1 N–H and O–H groups in total. The molecule has 3 saturated heterocycles. The molecular weight excluding hydrogens is 411 g/mol. The largest absolute Gasteiger partial charge is 0.390 e. The summed E-state index contributed by atoms with van der Waals surface area (Å²) in [6, 6.07) is 0. The van der Waals surface area contributed by atoms with Gasteiger partial charge in [-0.2, -0.15) is 0 Å². The van der Waals surface area contributed by atoms with Crippen LogP contribution in [-0.4, -0.2) is 48.2 Å². The van der Waals surface area contributed by atoms with Crippen molar-refractivity contribution < 1.29 is 24.1 Å². The highest BCUT2D eigenvalue weighted by Gasteiger charge is 2.61. The molecule has 23 heavy (non-hydrogen) atoms. The van der Waals surface area contributed by atoms with Crippen molar-refractivity contribution in [2.24, 2.45) is 17.3 Å². The van der Waals surface area contributed by atoms with Gasteiger partial charge in [0.2, 0.25) is 0 Å². The predicted molar refractivity (Wildman–Crippen MR) is 91.9 cm³/mol. The zero-order valence-electron chi connectivity index (χ0n) is 14.0. The molecule has 1 aliphatic carbocycles. The summed E-state index contributed by atoms with van der Waals surface area (Å²) in [6.45, 7) is 8.64. The first-order valence-corrected chi connectivity index (χ1v) is 9.44. The van der Waals surface area contributed by atoms with Crippen LogP contribution in [0.1, 0.15) is 34.1 Å². The zero-order valence-corrected chi connectivity index (χ0v) is 16.1. The van der Waals surface area contributed by atoms with Crippen LogP contribution in [0.2, 0.25) is 0 Å². The van der Waals surface area contributed by atoms with Crippen LogP contribution in [-0.2, 0) is 18.9 Å². The first-order valence-electron chi connectivity index (χ1n) is 8.36. The number of aliphatic hydroxyl groups is 1. The molecule has 4 rings (SSSR count). The van der Waals surface area contributed by atoms with Gasteiger partial charge in [0.25, 0.3) is 0 Å². The topological polar surface area (TPSA) is 57.2 Å². The molecule has 0 aromatic rings. The Morgan fingerprint density at radius 2 is 1.87 bits per heavy atom. The summed E-state index contributed by atoms with van der Waals surface area (Å²) in [4.78, 5) is 0. The number of ether oxygens (including phenoxy) is 4. The average molecular weight is 436 g/mol. The van der Waals surface area contributed by atoms with Gasteiger partial charge in [0, 0.05) is 18.3 Å². The third kappa shape index (κ3) is 2.69. The van der Waals surface area contributed by atoms with Crippen molar-refractivity contribution in [2.75, 3.05) is 6.61 Å². The normalized spacial score (nSPS) is 50.5. The third-order valence-corrected chi connectivity index (χ3v) is 6.40. The lowest BCUT2D eigenvalue weighted by atomic mass is 9.64. The summed E-state index contributed by atoms with van der Waals surface area (Å²) in [5, 5.41) is 11.1. The molecule has 6 heteroatoms. The second-order valence-electron chi connectivity index (χ2n) is 8.22. The van der Waals surface area contributed by atoms with Gasteiger partial charge in [0.05, 0.1) is 18.8 Å². The van der Waals surface area contributed by atoms with Crippen molar-refractivity contribution in [1.29, 1.82) is 0 Å². The summed E-state index contributed by atoms with van der Waals surface area (Å²) in [5.74, 6) is -0.517. The van der Waals surface area contributed by atoms with Crippen molar-refractivity contribution in [2.45, 2.75) is 70.6 Å². The number of halogens is 1. The van der Waals surface area contributed by atoms with Crippen LogP contribution < -0.4 is 0 Å². The van der Waals surface area contributed by atoms with Crippen LogP contribution in [0.5, 0.6) is 0 Å². The van der Waals surface area contributed by atoms with E-state index in [1.165, 1.54) is 3.58 Å². The number of rotatable bonds is 0. The minimum absolute atomic E-state index is 0.0310. The standard InChI is InChI=1S/C17H25IO5/c1-16(2)6-8(18)5-9-12(16)11-13(19)14-10(22-15(11)21-9)7-20-17(3,4)23-14/h6,9-15,19H,5,7H2,1-4H3/t9-,10+,11+,12-,13+,14+,15-/m0/s1. The molecule has 0 radical (unpaired) electrons. The van der Waals surface area contributed by atoms with Gasteiger partial charge < -0.3 is 24.1 Å². The highest BCUT2D eigenvalue weighted by atomic mass is 127. The quantitative estimate of drug-likeness (QED) is 0.592. The molecule has 3 heterocycles.